The number of nitrogens with zero attached hydrogens (tertiary/aromatic N) is 1. The molecule has 1 aromatic carbocycles. The van der Waals surface area contributed by atoms with Crippen LogP contribution in [0.3, 0.4) is 0 Å². The zero-order chi connectivity index (χ0) is 11.4. The summed E-state index contributed by atoms with van der Waals surface area (Å²) in [6.07, 6.45) is 3.69. The minimum atomic E-state index is -0.270. The van der Waals surface area contributed by atoms with Crippen LogP contribution < -0.4 is 5.73 Å². The molecule has 16 heavy (non-hydrogen) atoms. The van der Waals surface area contributed by atoms with E-state index in [4.69, 9.17) is 5.73 Å². The summed E-state index contributed by atoms with van der Waals surface area (Å²) in [6, 6.07) is 10.3. The van der Waals surface area contributed by atoms with E-state index in [2.05, 4.69) is 24.0 Å². The third kappa shape index (κ3) is 2.31. The summed E-state index contributed by atoms with van der Waals surface area (Å²) in [5.74, 6) is 0. The standard InChI is InChI=1S/C13H16N2S/c1-2-13(14,8-12-9-15-10-16-12)11-6-4-3-5-7-11/h3-7,9-10H,2,8,14H2,1H3. The molecule has 1 aromatic heterocycles. The molecule has 0 saturated carbocycles. The molecule has 0 aliphatic carbocycles. The Morgan fingerprint density at radius 2 is 2.06 bits per heavy atom. The molecule has 0 fully saturated rings. The summed E-state index contributed by atoms with van der Waals surface area (Å²) in [5, 5.41) is 0. The van der Waals surface area contributed by atoms with Gasteiger partial charge in [0.15, 0.2) is 0 Å². The molecule has 0 radical (unpaired) electrons. The van der Waals surface area contributed by atoms with Gasteiger partial charge in [-0.05, 0) is 12.0 Å². The fourth-order valence-electron chi connectivity index (χ4n) is 1.84. The highest BCUT2D eigenvalue weighted by molar-refractivity contribution is 7.09. The van der Waals surface area contributed by atoms with Crippen molar-refractivity contribution in [2.75, 3.05) is 0 Å². The molecule has 2 N–H and O–H groups in total. The highest BCUT2D eigenvalue weighted by Gasteiger charge is 2.25. The molecular weight excluding hydrogens is 216 g/mol. The van der Waals surface area contributed by atoms with Gasteiger partial charge in [0.2, 0.25) is 0 Å². The van der Waals surface area contributed by atoms with E-state index in [0.29, 0.717) is 0 Å². The van der Waals surface area contributed by atoms with Crippen LogP contribution in [0.15, 0.2) is 42.0 Å². The fraction of sp³-hybridized carbons (Fsp3) is 0.308. The van der Waals surface area contributed by atoms with Crippen LogP contribution in [-0.2, 0) is 12.0 Å². The Morgan fingerprint density at radius 3 is 2.62 bits per heavy atom. The Balaban J connectivity index is 2.26. The summed E-state index contributed by atoms with van der Waals surface area (Å²) in [5.41, 5.74) is 9.28. The predicted molar refractivity (Wildman–Crippen MR) is 68.4 cm³/mol. The minimum Gasteiger partial charge on any atom is -0.321 e. The van der Waals surface area contributed by atoms with E-state index in [1.165, 1.54) is 10.4 Å². The normalized spacial score (nSPS) is 14.6. The van der Waals surface area contributed by atoms with E-state index >= 15 is 0 Å². The lowest BCUT2D eigenvalue weighted by Gasteiger charge is -2.28. The molecule has 84 valence electrons. The summed E-state index contributed by atoms with van der Waals surface area (Å²) >= 11 is 1.67. The molecule has 2 rings (SSSR count). The average molecular weight is 232 g/mol. The zero-order valence-corrected chi connectivity index (χ0v) is 10.2. The van der Waals surface area contributed by atoms with Gasteiger partial charge in [-0.25, -0.2) is 0 Å². The van der Waals surface area contributed by atoms with Gasteiger partial charge in [0.25, 0.3) is 0 Å². The van der Waals surface area contributed by atoms with Crippen molar-refractivity contribution >= 4 is 11.3 Å². The molecule has 3 heteroatoms. The van der Waals surface area contributed by atoms with Crippen molar-refractivity contribution in [1.29, 1.82) is 0 Å². The van der Waals surface area contributed by atoms with Crippen molar-refractivity contribution in [1.82, 2.24) is 4.98 Å². The second-order valence-corrected chi connectivity index (χ2v) is 4.99. The number of benzene rings is 1. The maximum atomic E-state index is 6.49. The smallest absolute Gasteiger partial charge is 0.0794 e. The maximum absolute atomic E-state index is 6.49. The first-order valence-electron chi connectivity index (χ1n) is 5.46. The second-order valence-electron chi connectivity index (χ2n) is 4.02. The molecular formula is C13H16N2S. The number of aromatic nitrogens is 1. The van der Waals surface area contributed by atoms with Gasteiger partial charge in [0.1, 0.15) is 0 Å². The third-order valence-corrected chi connectivity index (χ3v) is 3.73. The Hall–Kier alpha value is -1.19. The molecule has 2 aromatic rings. The van der Waals surface area contributed by atoms with E-state index in [1.54, 1.807) is 11.3 Å². The van der Waals surface area contributed by atoms with Crippen LogP contribution in [0.25, 0.3) is 0 Å². The Bertz CT molecular complexity index is 424. The van der Waals surface area contributed by atoms with Gasteiger partial charge in [0.05, 0.1) is 5.51 Å². The lowest BCUT2D eigenvalue weighted by atomic mass is 9.85. The Labute approximate surface area is 100 Å². The quantitative estimate of drug-likeness (QED) is 0.880. The minimum absolute atomic E-state index is 0.270. The van der Waals surface area contributed by atoms with Crippen LogP contribution in [0.5, 0.6) is 0 Å². The van der Waals surface area contributed by atoms with E-state index in [0.717, 1.165) is 12.8 Å². The SMILES string of the molecule is CCC(N)(Cc1cncs1)c1ccccc1. The monoisotopic (exact) mass is 232 g/mol. The van der Waals surface area contributed by atoms with Crippen LogP contribution in [0.4, 0.5) is 0 Å². The van der Waals surface area contributed by atoms with Crippen molar-refractivity contribution in [2.45, 2.75) is 25.3 Å². The molecule has 1 heterocycles. The van der Waals surface area contributed by atoms with Crippen molar-refractivity contribution in [3.63, 3.8) is 0 Å². The van der Waals surface area contributed by atoms with Gasteiger partial charge < -0.3 is 5.73 Å². The Morgan fingerprint density at radius 1 is 1.31 bits per heavy atom. The van der Waals surface area contributed by atoms with Crippen LogP contribution in [0, 0.1) is 0 Å². The molecule has 0 saturated heterocycles. The molecule has 0 spiro atoms. The summed E-state index contributed by atoms with van der Waals surface area (Å²) in [7, 11) is 0. The third-order valence-electron chi connectivity index (χ3n) is 2.95. The van der Waals surface area contributed by atoms with Crippen LogP contribution in [0.1, 0.15) is 23.8 Å². The maximum Gasteiger partial charge on any atom is 0.0794 e. The first kappa shape index (κ1) is 11.3. The summed E-state index contributed by atoms with van der Waals surface area (Å²) in [4.78, 5) is 5.34. The van der Waals surface area contributed by atoms with E-state index < -0.39 is 0 Å². The van der Waals surface area contributed by atoms with Crippen LogP contribution in [-0.4, -0.2) is 4.98 Å². The molecule has 1 unspecified atom stereocenters. The molecule has 0 amide bonds. The van der Waals surface area contributed by atoms with Crippen molar-refractivity contribution in [3.05, 3.63) is 52.5 Å². The molecule has 0 bridgehead atoms. The summed E-state index contributed by atoms with van der Waals surface area (Å²) < 4.78 is 0. The number of rotatable bonds is 4. The van der Waals surface area contributed by atoms with E-state index in [-0.39, 0.29) is 5.54 Å². The molecule has 1 atom stereocenters. The average Bonchev–Trinajstić information content (AvgIpc) is 2.83. The van der Waals surface area contributed by atoms with Gasteiger partial charge >= 0.3 is 0 Å². The molecule has 0 aliphatic heterocycles. The zero-order valence-electron chi connectivity index (χ0n) is 9.39. The fourth-order valence-corrected chi connectivity index (χ4v) is 2.56. The van der Waals surface area contributed by atoms with Gasteiger partial charge in [-0.1, -0.05) is 37.3 Å². The van der Waals surface area contributed by atoms with Gasteiger partial charge in [0, 0.05) is 23.0 Å². The largest absolute Gasteiger partial charge is 0.321 e. The number of hydrogen-bond acceptors (Lipinski definition) is 3. The van der Waals surface area contributed by atoms with Crippen LogP contribution in [0.2, 0.25) is 0 Å². The predicted octanol–water partition coefficient (Wildman–Crippen LogP) is 2.95. The Kier molecular flexibility index (Phi) is 3.36. The molecule has 2 nitrogen and oxygen atoms in total. The van der Waals surface area contributed by atoms with E-state index in [1.807, 2.05) is 29.9 Å². The van der Waals surface area contributed by atoms with Crippen molar-refractivity contribution in [2.24, 2.45) is 5.73 Å². The van der Waals surface area contributed by atoms with Crippen molar-refractivity contribution in [3.8, 4) is 0 Å². The van der Waals surface area contributed by atoms with Crippen LogP contribution >= 0.6 is 11.3 Å². The van der Waals surface area contributed by atoms with Crippen molar-refractivity contribution < 1.29 is 0 Å². The second kappa shape index (κ2) is 4.76. The number of thiazole rings is 1. The lowest BCUT2D eigenvalue weighted by Crippen LogP contribution is -2.38. The number of nitrogens with two attached hydrogens (primary N) is 1. The van der Waals surface area contributed by atoms with Gasteiger partial charge in [-0.2, -0.15) is 0 Å². The van der Waals surface area contributed by atoms with Gasteiger partial charge in [-0.3, -0.25) is 4.98 Å². The summed E-state index contributed by atoms with van der Waals surface area (Å²) in [6.45, 7) is 2.13. The lowest BCUT2D eigenvalue weighted by molar-refractivity contribution is 0.428. The highest BCUT2D eigenvalue weighted by Crippen LogP contribution is 2.27. The first-order valence-corrected chi connectivity index (χ1v) is 6.34. The highest BCUT2D eigenvalue weighted by atomic mass is 32.1. The topological polar surface area (TPSA) is 38.9 Å². The van der Waals surface area contributed by atoms with E-state index in [9.17, 15) is 0 Å². The number of hydrogen-bond donors (Lipinski definition) is 1. The molecule has 0 aliphatic rings. The van der Waals surface area contributed by atoms with Gasteiger partial charge in [-0.15, -0.1) is 11.3 Å². The first-order chi connectivity index (χ1) is 7.74.